The SMILES string of the molecule is CCCCCC(C)NC(=NCc1ccc(OC)c(NC(C)=O)c1)NCC. The maximum Gasteiger partial charge on any atom is 0.221 e. The van der Waals surface area contributed by atoms with Crippen molar-refractivity contribution in [1.82, 2.24) is 10.6 Å². The third-order valence-electron chi connectivity index (χ3n) is 3.96. The van der Waals surface area contributed by atoms with Gasteiger partial charge in [0.2, 0.25) is 5.91 Å². The largest absolute Gasteiger partial charge is 0.495 e. The summed E-state index contributed by atoms with van der Waals surface area (Å²) in [6.07, 6.45) is 4.85. The Morgan fingerprint density at radius 3 is 2.65 bits per heavy atom. The molecule has 1 atom stereocenters. The standard InChI is InChI=1S/C20H34N4O2/c1-6-8-9-10-15(3)23-20(21-7-2)22-14-17-11-12-19(26-5)18(13-17)24-16(4)25/h11-13,15H,6-10,14H2,1-5H3,(H,24,25)(H2,21,22,23). The Bertz CT molecular complexity index is 587. The molecule has 1 rings (SSSR count). The molecule has 26 heavy (non-hydrogen) atoms. The van der Waals surface area contributed by atoms with Crippen LogP contribution in [-0.2, 0) is 11.3 Å². The van der Waals surface area contributed by atoms with E-state index in [1.807, 2.05) is 18.2 Å². The van der Waals surface area contributed by atoms with E-state index in [0.717, 1.165) is 24.5 Å². The van der Waals surface area contributed by atoms with Crippen LogP contribution in [0.15, 0.2) is 23.2 Å². The van der Waals surface area contributed by atoms with E-state index in [9.17, 15) is 4.79 Å². The molecule has 3 N–H and O–H groups in total. The van der Waals surface area contributed by atoms with E-state index < -0.39 is 0 Å². The van der Waals surface area contributed by atoms with Crippen molar-refractivity contribution >= 4 is 17.6 Å². The first-order valence-corrected chi connectivity index (χ1v) is 9.49. The average molecular weight is 363 g/mol. The fourth-order valence-electron chi connectivity index (χ4n) is 2.64. The van der Waals surface area contributed by atoms with Crippen molar-refractivity contribution in [3.63, 3.8) is 0 Å². The number of unbranched alkanes of at least 4 members (excludes halogenated alkanes) is 2. The molecule has 0 aliphatic carbocycles. The van der Waals surface area contributed by atoms with Crippen LogP contribution >= 0.6 is 0 Å². The van der Waals surface area contributed by atoms with Gasteiger partial charge in [-0.3, -0.25) is 4.79 Å². The van der Waals surface area contributed by atoms with Crippen LogP contribution in [0.3, 0.4) is 0 Å². The average Bonchev–Trinajstić information content (AvgIpc) is 2.60. The van der Waals surface area contributed by atoms with Crippen LogP contribution in [0.5, 0.6) is 5.75 Å². The van der Waals surface area contributed by atoms with Crippen molar-refractivity contribution in [1.29, 1.82) is 0 Å². The summed E-state index contributed by atoms with van der Waals surface area (Å²) in [5.74, 6) is 1.33. The van der Waals surface area contributed by atoms with E-state index in [-0.39, 0.29) is 5.91 Å². The second-order valence-electron chi connectivity index (χ2n) is 6.45. The summed E-state index contributed by atoms with van der Waals surface area (Å²) in [6.45, 7) is 9.28. The smallest absolute Gasteiger partial charge is 0.221 e. The number of benzene rings is 1. The molecule has 0 saturated heterocycles. The Labute approximate surface area is 157 Å². The van der Waals surface area contributed by atoms with Gasteiger partial charge in [-0.05, 0) is 38.0 Å². The van der Waals surface area contributed by atoms with Crippen LogP contribution in [-0.4, -0.2) is 31.6 Å². The van der Waals surface area contributed by atoms with Gasteiger partial charge in [-0.2, -0.15) is 0 Å². The topological polar surface area (TPSA) is 74.8 Å². The van der Waals surface area contributed by atoms with Crippen LogP contribution in [0.1, 0.15) is 58.9 Å². The quantitative estimate of drug-likeness (QED) is 0.337. The number of anilines is 1. The lowest BCUT2D eigenvalue weighted by molar-refractivity contribution is -0.114. The Morgan fingerprint density at radius 1 is 1.27 bits per heavy atom. The summed E-state index contributed by atoms with van der Waals surface area (Å²) >= 11 is 0. The summed E-state index contributed by atoms with van der Waals surface area (Å²) in [5.41, 5.74) is 1.67. The summed E-state index contributed by atoms with van der Waals surface area (Å²) in [4.78, 5) is 16.0. The molecule has 0 heterocycles. The highest BCUT2D eigenvalue weighted by Crippen LogP contribution is 2.25. The van der Waals surface area contributed by atoms with Gasteiger partial charge in [0.25, 0.3) is 0 Å². The second kappa shape index (κ2) is 12.2. The zero-order chi connectivity index (χ0) is 19.4. The number of carbonyl (C=O) groups is 1. The molecule has 146 valence electrons. The number of guanidine groups is 1. The summed E-state index contributed by atoms with van der Waals surface area (Å²) in [7, 11) is 1.59. The minimum Gasteiger partial charge on any atom is -0.495 e. The monoisotopic (exact) mass is 362 g/mol. The first kappa shape index (κ1) is 21.8. The number of methoxy groups -OCH3 is 1. The van der Waals surface area contributed by atoms with E-state index in [2.05, 4.69) is 41.7 Å². The Balaban J connectivity index is 2.77. The summed E-state index contributed by atoms with van der Waals surface area (Å²) in [5, 5.41) is 9.54. The van der Waals surface area contributed by atoms with Crippen molar-refractivity contribution in [3.8, 4) is 5.75 Å². The molecule has 1 aromatic rings. The van der Waals surface area contributed by atoms with Gasteiger partial charge in [-0.25, -0.2) is 4.99 Å². The van der Waals surface area contributed by atoms with Crippen molar-refractivity contribution in [2.24, 2.45) is 4.99 Å². The first-order valence-electron chi connectivity index (χ1n) is 9.49. The number of aliphatic imine (C=N–C) groups is 1. The van der Waals surface area contributed by atoms with Gasteiger partial charge in [0.05, 0.1) is 19.3 Å². The number of amides is 1. The van der Waals surface area contributed by atoms with Gasteiger partial charge in [0, 0.05) is 19.5 Å². The van der Waals surface area contributed by atoms with Gasteiger partial charge in [-0.1, -0.05) is 32.3 Å². The predicted molar refractivity (Wildman–Crippen MR) is 109 cm³/mol. The maximum atomic E-state index is 11.4. The zero-order valence-corrected chi connectivity index (χ0v) is 16.8. The Morgan fingerprint density at radius 2 is 2.04 bits per heavy atom. The lowest BCUT2D eigenvalue weighted by atomic mass is 10.1. The highest BCUT2D eigenvalue weighted by atomic mass is 16.5. The molecule has 1 unspecified atom stereocenters. The molecule has 1 amide bonds. The van der Waals surface area contributed by atoms with Crippen molar-refractivity contribution in [2.75, 3.05) is 19.0 Å². The normalized spacial score (nSPS) is 12.4. The molecule has 1 aromatic carbocycles. The molecule has 0 aliphatic heterocycles. The molecular weight excluding hydrogens is 328 g/mol. The molecule has 6 nitrogen and oxygen atoms in total. The minimum atomic E-state index is -0.125. The predicted octanol–water partition coefficient (Wildman–Crippen LogP) is 3.68. The third kappa shape index (κ3) is 8.23. The number of carbonyl (C=O) groups excluding carboxylic acids is 1. The van der Waals surface area contributed by atoms with Gasteiger partial charge in [0.1, 0.15) is 5.75 Å². The summed E-state index contributed by atoms with van der Waals surface area (Å²) in [6, 6.07) is 6.09. The first-order chi connectivity index (χ1) is 12.5. The van der Waals surface area contributed by atoms with Gasteiger partial charge in [0.15, 0.2) is 5.96 Å². The Hall–Kier alpha value is -2.24. The number of ether oxygens (including phenoxy) is 1. The zero-order valence-electron chi connectivity index (χ0n) is 16.8. The van der Waals surface area contributed by atoms with Crippen LogP contribution in [0.2, 0.25) is 0 Å². The number of nitrogens with zero attached hydrogens (tertiary/aromatic N) is 1. The van der Waals surface area contributed by atoms with Crippen LogP contribution in [0.25, 0.3) is 0 Å². The molecular formula is C20H34N4O2. The van der Waals surface area contributed by atoms with Gasteiger partial charge >= 0.3 is 0 Å². The summed E-state index contributed by atoms with van der Waals surface area (Å²) < 4.78 is 5.29. The van der Waals surface area contributed by atoms with E-state index in [1.54, 1.807) is 7.11 Å². The lowest BCUT2D eigenvalue weighted by Gasteiger charge is -2.18. The highest BCUT2D eigenvalue weighted by molar-refractivity contribution is 5.90. The molecule has 0 aliphatic rings. The maximum absolute atomic E-state index is 11.4. The minimum absolute atomic E-state index is 0.125. The van der Waals surface area contributed by atoms with Gasteiger partial charge < -0.3 is 20.7 Å². The van der Waals surface area contributed by atoms with Crippen LogP contribution in [0.4, 0.5) is 5.69 Å². The number of hydrogen-bond acceptors (Lipinski definition) is 3. The fraction of sp³-hybridized carbons (Fsp3) is 0.600. The van der Waals surface area contributed by atoms with Crippen LogP contribution in [0, 0.1) is 0 Å². The molecule has 0 spiro atoms. The van der Waals surface area contributed by atoms with Crippen molar-refractivity contribution in [2.45, 2.75) is 66.0 Å². The number of nitrogens with one attached hydrogen (secondary N) is 3. The van der Waals surface area contributed by atoms with E-state index in [1.165, 1.54) is 26.2 Å². The van der Waals surface area contributed by atoms with E-state index in [4.69, 9.17) is 4.74 Å². The molecule has 0 bridgehead atoms. The number of hydrogen-bond donors (Lipinski definition) is 3. The molecule has 0 aromatic heterocycles. The Kier molecular flexibility index (Phi) is 10.2. The number of rotatable bonds is 10. The van der Waals surface area contributed by atoms with E-state index >= 15 is 0 Å². The van der Waals surface area contributed by atoms with Gasteiger partial charge in [-0.15, -0.1) is 0 Å². The molecule has 0 fully saturated rings. The second-order valence-corrected chi connectivity index (χ2v) is 6.45. The third-order valence-corrected chi connectivity index (χ3v) is 3.96. The van der Waals surface area contributed by atoms with E-state index in [0.29, 0.717) is 24.0 Å². The molecule has 6 heteroatoms. The molecule has 0 saturated carbocycles. The van der Waals surface area contributed by atoms with Crippen LogP contribution < -0.4 is 20.7 Å². The molecule has 0 radical (unpaired) electrons. The van der Waals surface area contributed by atoms with Crippen molar-refractivity contribution < 1.29 is 9.53 Å². The lowest BCUT2D eigenvalue weighted by Crippen LogP contribution is -2.42. The van der Waals surface area contributed by atoms with Crippen molar-refractivity contribution in [3.05, 3.63) is 23.8 Å². The highest BCUT2D eigenvalue weighted by Gasteiger charge is 2.07. The fourth-order valence-corrected chi connectivity index (χ4v) is 2.64.